The van der Waals surface area contributed by atoms with Crippen LogP contribution < -0.4 is 9.80 Å². The van der Waals surface area contributed by atoms with Crippen molar-refractivity contribution in [3.63, 3.8) is 0 Å². The molecule has 0 amide bonds. The number of aryl methyl sites for hydroxylation is 1. The van der Waals surface area contributed by atoms with E-state index in [1.807, 2.05) is 31.0 Å². The van der Waals surface area contributed by atoms with E-state index in [0.29, 0.717) is 29.4 Å². The minimum atomic E-state index is -0.213. The summed E-state index contributed by atoms with van der Waals surface area (Å²) in [7, 11) is 1.85. The van der Waals surface area contributed by atoms with Crippen LogP contribution in [-0.2, 0) is 11.2 Å². The maximum absolute atomic E-state index is 15.0. The zero-order valence-corrected chi connectivity index (χ0v) is 18.9. The van der Waals surface area contributed by atoms with Gasteiger partial charge in [0.25, 0.3) is 0 Å². The largest absolute Gasteiger partial charge is 0.369 e. The van der Waals surface area contributed by atoms with E-state index < -0.39 is 0 Å². The van der Waals surface area contributed by atoms with E-state index in [1.165, 1.54) is 17.2 Å². The molecule has 0 spiro atoms. The highest BCUT2D eigenvalue weighted by atomic mass is 19.1. The van der Waals surface area contributed by atoms with Crippen LogP contribution in [0.5, 0.6) is 0 Å². The summed E-state index contributed by atoms with van der Waals surface area (Å²) in [4.78, 5) is 18.9. The standard InChI is InChI=1S/C26H32FN3O/c1-19-6-5-7-23(16-19)17-22-10-13-30(14-11-22)26-9-8-24(18-25(26)27)29(4)21(3)28-20(2)12-15-31/h5-9,12,15-16,18,22H,10-11,13-14,17H2,1-4H3/b20-12-,28-21?. The predicted molar refractivity (Wildman–Crippen MR) is 128 cm³/mol. The number of benzene rings is 2. The number of carbonyl (C=O) groups is 1. The molecule has 1 fully saturated rings. The fourth-order valence-electron chi connectivity index (χ4n) is 4.16. The van der Waals surface area contributed by atoms with E-state index >= 15 is 0 Å². The molecule has 3 rings (SSSR count). The van der Waals surface area contributed by atoms with E-state index in [4.69, 9.17) is 0 Å². The molecular weight excluding hydrogens is 389 g/mol. The molecule has 0 unspecified atom stereocenters. The Kier molecular flexibility index (Phi) is 7.61. The van der Waals surface area contributed by atoms with Gasteiger partial charge in [0.2, 0.25) is 0 Å². The molecule has 1 saturated heterocycles. The highest BCUT2D eigenvalue weighted by Gasteiger charge is 2.22. The van der Waals surface area contributed by atoms with Crippen LogP contribution in [-0.4, -0.2) is 32.3 Å². The number of carbonyl (C=O) groups excluding carboxylic acids is 1. The number of hydrogen-bond donors (Lipinski definition) is 0. The smallest absolute Gasteiger partial charge is 0.148 e. The summed E-state index contributed by atoms with van der Waals surface area (Å²) in [6.07, 6.45) is 5.36. The van der Waals surface area contributed by atoms with Gasteiger partial charge in [-0.1, -0.05) is 29.8 Å². The summed E-state index contributed by atoms with van der Waals surface area (Å²) < 4.78 is 15.0. The third kappa shape index (κ3) is 6.03. The second-order valence-electron chi connectivity index (χ2n) is 8.42. The quantitative estimate of drug-likeness (QED) is 0.265. The number of allylic oxidation sites excluding steroid dienone is 2. The molecule has 5 heteroatoms. The number of amidine groups is 1. The van der Waals surface area contributed by atoms with Crippen LogP contribution >= 0.6 is 0 Å². The summed E-state index contributed by atoms with van der Waals surface area (Å²) in [6.45, 7) is 7.48. The fraction of sp³-hybridized carbons (Fsp3) is 0.385. The number of aliphatic imine (C=N–C) groups is 1. The van der Waals surface area contributed by atoms with Gasteiger partial charge in [-0.25, -0.2) is 9.38 Å². The molecule has 0 atom stereocenters. The van der Waals surface area contributed by atoms with Crippen molar-refractivity contribution in [3.8, 4) is 0 Å². The van der Waals surface area contributed by atoms with E-state index in [0.717, 1.165) is 38.0 Å². The van der Waals surface area contributed by atoms with Crippen molar-refractivity contribution in [1.29, 1.82) is 0 Å². The molecule has 2 aromatic carbocycles. The number of hydrogen-bond acceptors (Lipinski definition) is 3. The lowest BCUT2D eigenvalue weighted by Gasteiger charge is -2.34. The first-order valence-electron chi connectivity index (χ1n) is 10.9. The SMILES string of the molecule is CC(=N/C(C)=C\C=O)N(C)c1ccc(N2CCC(Cc3cccc(C)c3)CC2)c(F)c1. The van der Waals surface area contributed by atoms with Crippen molar-refractivity contribution >= 4 is 23.5 Å². The lowest BCUT2D eigenvalue weighted by molar-refractivity contribution is -0.104. The molecule has 31 heavy (non-hydrogen) atoms. The van der Waals surface area contributed by atoms with Crippen LogP contribution in [0.1, 0.15) is 37.8 Å². The number of rotatable bonds is 6. The molecule has 0 bridgehead atoms. The van der Waals surface area contributed by atoms with Crippen LogP contribution in [0.4, 0.5) is 15.8 Å². The van der Waals surface area contributed by atoms with Crippen LogP contribution in [0.15, 0.2) is 59.2 Å². The number of piperidine rings is 1. The van der Waals surface area contributed by atoms with Gasteiger partial charge in [0, 0.05) is 31.5 Å². The van der Waals surface area contributed by atoms with Gasteiger partial charge in [0.1, 0.15) is 17.9 Å². The number of halogens is 1. The van der Waals surface area contributed by atoms with Gasteiger partial charge >= 0.3 is 0 Å². The lowest BCUT2D eigenvalue weighted by atomic mass is 9.89. The molecule has 164 valence electrons. The zero-order chi connectivity index (χ0) is 22.4. The Labute approximate surface area is 185 Å². The van der Waals surface area contributed by atoms with E-state index in [1.54, 1.807) is 13.0 Å². The molecule has 0 radical (unpaired) electrons. The van der Waals surface area contributed by atoms with Gasteiger partial charge in [-0.2, -0.15) is 0 Å². The highest BCUT2D eigenvalue weighted by molar-refractivity contribution is 5.96. The number of nitrogens with zero attached hydrogens (tertiary/aromatic N) is 3. The van der Waals surface area contributed by atoms with Crippen molar-refractivity contribution in [3.05, 3.63) is 71.2 Å². The van der Waals surface area contributed by atoms with Crippen molar-refractivity contribution in [1.82, 2.24) is 0 Å². The average Bonchev–Trinajstić information content (AvgIpc) is 2.74. The van der Waals surface area contributed by atoms with Crippen LogP contribution in [0.25, 0.3) is 0 Å². The third-order valence-electron chi connectivity index (χ3n) is 6.01. The van der Waals surface area contributed by atoms with E-state index in [2.05, 4.69) is 41.1 Å². The summed E-state index contributed by atoms with van der Waals surface area (Å²) in [6, 6.07) is 14.1. The fourth-order valence-corrected chi connectivity index (χ4v) is 4.16. The van der Waals surface area contributed by atoms with Gasteiger partial charge in [-0.3, -0.25) is 4.79 Å². The maximum Gasteiger partial charge on any atom is 0.148 e. The minimum Gasteiger partial charge on any atom is -0.369 e. The van der Waals surface area contributed by atoms with Gasteiger partial charge in [0.05, 0.1) is 5.69 Å². The number of anilines is 2. The normalized spacial score (nSPS) is 15.8. The van der Waals surface area contributed by atoms with Crippen LogP contribution in [0.3, 0.4) is 0 Å². The maximum atomic E-state index is 15.0. The minimum absolute atomic E-state index is 0.213. The van der Waals surface area contributed by atoms with Gasteiger partial charge < -0.3 is 9.80 Å². The van der Waals surface area contributed by atoms with Crippen molar-refractivity contribution < 1.29 is 9.18 Å². The highest BCUT2D eigenvalue weighted by Crippen LogP contribution is 2.30. The molecular formula is C26H32FN3O. The number of aldehydes is 1. The summed E-state index contributed by atoms with van der Waals surface area (Å²) >= 11 is 0. The Morgan fingerprint density at radius 3 is 2.58 bits per heavy atom. The second kappa shape index (κ2) is 10.4. The molecule has 0 saturated carbocycles. The van der Waals surface area contributed by atoms with Crippen LogP contribution in [0, 0.1) is 18.7 Å². The molecule has 0 N–H and O–H groups in total. The Balaban J connectivity index is 1.63. The summed E-state index contributed by atoms with van der Waals surface area (Å²) in [5, 5.41) is 0. The van der Waals surface area contributed by atoms with Crippen molar-refractivity contribution in [2.24, 2.45) is 10.9 Å². The summed E-state index contributed by atoms with van der Waals surface area (Å²) in [5.74, 6) is 1.13. The second-order valence-corrected chi connectivity index (χ2v) is 8.42. The molecule has 0 aromatic heterocycles. The third-order valence-corrected chi connectivity index (χ3v) is 6.01. The molecule has 2 aromatic rings. The first kappa shape index (κ1) is 22.7. The Morgan fingerprint density at radius 1 is 1.19 bits per heavy atom. The van der Waals surface area contributed by atoms with E-state index in [9.17, 15) is 9.18 Å². The molecule has 1 aliphatic heterocycles. The molecule has 1 aliphatic rings. The Bertz CT molecular complexity index is 974. The monoisotopic (exact) mass is 421 g/mol. The predicted octanol–water partition coefficient (Wildman–Crippen LogP) is 5.55. The molecule has 1 heterocycles. The van der Waals surface area contributed by atoms with Gasteiger partial charge in [0.15, 0.2) is 0 Å². The van der Waals surface area contributed by atoms with Crippen molar-refractivity contribution in [2.75, 3.05) is 29.9 Å². The van der Waals surface area contributed by atoms with Crippen LogP contribution in [0.2, 0.25) is 0 Å². The van der Waals surface area contributed by atoms with Gasteiger partial charge in [-0.15, -0.1) is 0 Å². The first-order chi connectivity index (χ1) is 14.9. The lowest BCUT2D eigenvalue weighted by Crippen LogP contribution is -2.35. The summed E-state index contributed by atoms with van der Waals surface area (Å²) in [5.41, 5.74) is 4.71. The topological polar surface area (TPSA) is 35.9 Å². The first-order valence-corrected chi connectivity index (χ1v) is 10.9. The Morgan fingerprint density at radius 2 is 1.94 bits per heavy atom. The van der Waals surface area contributed by atoms with E-state index in [-0.39, 0.29) is 5.82 Å². The van der Waals surface area contributed by atoms with Gasteiger partial charge in [-0.05, 0) is 75.8 Å². The average molecular weight is 422 g/mol. The molecule has 0 aliphatic carbocycles. The Hall–Kier alpha value is -2.95. The zero-order valence-electron chi connectivity index (χ0n) is 18.9. The van der Waals surface area contributed by atoms with Crippen molar-refractivity contribution in [2.45, 2.75) is 40.0 Å². The molecule has 4 nitrogen and oxygen atoms in total.